The third kappa shape index (κ3) is 7.68. The maximum Gasteiger partial charge on any atom is 0.164 e. The van der Waals surface area contributed by atoms with Gasteiger partial charge in [-0.1, -0.05) is 203 Å². The van der Waals surface area contributed by atoms with Gasteiger partial charge in [-0.2, -0.15) is 0 Å². The van der Waals surface area contributed by atoms with Crippen molar-refractivity contribution in [2.45, 2.75) is 27.2 Å². The molecule has 0 bridgehead atoms. The van der Waals surface area contributed by atoms with Crippen LogP contribution in [0.1, 0.15) is 32.8 Å². The SMILES string of the molecule is CC(C)(C)C1C=CC(c2cc(-c3nc(-c4ccccc4)nc(-c4ccccc4)n3)cc(-c3ccccc3)c2-n2c3ccc(-c4ccccc4)cc3c3cc(-c4ccccc4)ccc32)=CC1. The number of fused-ring (bicyclic) bond motifs is 3. The summed E-state index contributed by atoms with van der Waals surface area (Å²) in [5.74, 6) is 2.31. The monoisotopic (exact) mass is 836 g/mol. The minimum Gasteiger partial charge on any atom is -0.308 e. The number of hydrogen-bond acceptors (Lipinski definition) is 3. The lowest BCUT2D eigenvalue weighted by Crippen LogP contribution is -2.19. The third-order valence-electron chi connectivity index (χ3n) is 12.9. The minimum absolute atomic E-state index is 0.130. The van der Waals surface area contributed by atoms with Crippen molar-refractivity contribution in [3.05, 3.63) is 224 Å². The number of hydrogen-bond donors (Lipinski definition) is 0. The lowest BCUT2D eigenvalue weighted by atomic mass is 9.75. The summed E-state index contributed by atoms with van der Waals surface area (Å²) in [6, 6.07) is 71.2. The van der Waals surface area contributed by atoms with Crippen molar-refractivity contribution in [2.75, 3.05) is 0 Å². The molecule has 2 aromatic heterocycles. The summed E-state index contributed by atoms with van der Waals surface area (Å²) in [7, 11) is 0. The molecular formula is C61H48N4. The molecule has 8 aromatic carbocycles. The molecule has 10 aromatic rings. The van der Waals surface area contributed by atoms with Crippen LogP contribution in [-0.4, -0.2) is 19.5 Å². The highest BCUT2D eigenvalue weighted by molar-refractivity contribution is 6.13. The first kappa shape index (κ1) is 39.9. The van der Waals surface area contributed by atoms with Crippen LogP contribution in [0.25, 0.3) is 101 Å². The molecule has 1 unspecified atom stereocenters. The topological polar surface area (TPSA) is 43.6 Å². The second kappa shape index (κ2) is 16.6. The molecule has 312 valence electrons. The van der Waals surface area contributed by atoms with E-state index in [-0.39, 0.29) is 5.41 Å². The lowest BCUT2D eigenvalue weighted by molar-refractivity contribution is 0.294. The van der Waals surface area contributed by atoms with E-state index in [2.05, 4.69) is 207 Å². The summed E-state index contributed by atoms with van der Waals surface area (Å²) in [6.07, 6.45) is 8.15. The van der Waals surface area contributed by atoms with E-state index in [0.29, 0.717) is 23.4 Å². The van der Waals surface area contributed by atoms with Gasteiger partial charge >= 0.3 is 0 Å². The van der Waals surface area contributed by atoms with Gasteiger partial charge in [-0.05, 0) is 87.5 Å². The quantitative estimate of drug-likeness (QED) is 0.153. The first-order chi connectivity index (χ1) is 31.9. The average Bonchev–Trinajstić information content (AvgIpc) is 3.69. The van der Waals surface area contributed by atoms with Gasteiger partial charge in [0.15, 0.2) is 17.5 Å². The first-order valence-electron chi connectivity index (χ1n) is 22.5. The van der Waals surface area contributed by atoms with Crippen LogP contribution in [0, 0.1) is 11.3 Å². The molecule has 1 aliphatic carbocycles. The van der Waals surface area contributed by atoms with Gasteiger partial charge in [0.05, 0.1) is 16.7 Å². The predicted octanol–water partition coefficient (Wildman–Crippen LogP) is 16.0. The van der Waals surface area contributed by atoms with Crippen molar-refractivity contribution < 1.29 is 0 Å². The maximum absolute atomic E-state index is 5.27. The number of rotatable bonds is 8. The van der Waals surface area contributed by atoms with E-state index in [1.165, 1.54) is 38.6 Å². The molecule has 65 heavy (non-hydrogen) atoms. The van der Waals surface area contributed by atoms with Crippen LogP contribution in [-0.2, 0) is 0 Å². The molecule has 4 nitrogen and oxygen atoms in total. The van der Waals surface area contributed by atoms with Crippen molar-refractivity contribution in [1.29, 1.82) is 0 Å². The van der Waals surface area contributed by atoms with Crippen LogP contribution in [0.2, 0.25) is 0 Å². The van der Waals surface area contributed by atoms with Crippen molar-refractivity contribution in [3.63, 3.8) is 0 Å². The third-order valence-corrected chi connectivity index (χ3v) is 12.9. The molecule has 0 amide bonds. The van der Waals surface area contributed by atoms with Gasteiger partial charge in [-0.15, -0.1) is 0 Å². The lowest BCUT2D eigenvalue weighted by Gasteiger charge is -2.30. The highest BCUT2D eigenvalue weighted by Crippen LogP contribution is 2.45. The fourth-order valence-electron chi connectivity index (χ4n) is 9.35. The summed E-state index contributed by atoms with van der Waals surface area (Å²) in [4.78, 5) is 15.6. The van der Waals surface area contributed by atoms with Crippen LogP contribution in [0.5, 0.6) is 0 Å². The molecule has 0 radical (unpaired) electrons. The van der Waals surface area contributed by atoms with Crippen LogP contribution in [0.4, 0.5) is 0 Å². The number of benzene rings is 8. The molecule has 11 rings (SSSR count). The Morgan fingerprint density at radius 2 is 0.831 bits per heavy atom. The molecule has 1 aliphatic rings. The molecular weight excluding hydrogens is 789 g/mol. The van der Waals surface area contributed by atoms with Crippen LogP contribution < -0.4 is 0 Å². The standard InChI is InChI=1S/C61H48N4/c1-61(2,3)50-33-29-44(30-34-50)52-40-49(60-63-58(45-25-15-7-16-26-45)62-59(64-60)46-27-17-8-18-28-46)39-51(43-23-13-6-14-24-43)57(52)65-55-35-31-47(41-19-9-4-10-20-41)37-53(55)54-38-48(32-36-56(54)65)42-21-11-5-12-22-42/h4-33,35-40,50H,34H2,1-3H3. The Kier molecular flexibility index (Phi) is 10.2. The normalized spacial score (nSPS) is 13.9. The van der Waals surface area contributed by atoms with Crippen molar-refractivity contribution in [3.8, 4) is 73.2 Å². The van der Waals surface area contributed by atoms with Gasteiger partial charge in [-0.25, -0.2) is 15.0 Å². The van der Waals surface area contributed by atoms with E-state index in [1.54, 1.807) is 0 Å². The van der Waals surface area contributed by atoms with E-state index in [9.17, 15) is 0 Å². The van der Waals surface area contributed by atoms with Crippen molar-refractivity contribution in [1.82, 2.24) is 19.5 Å². The smallest absolute Gasteiger partial charge is 0.164 e. The van der Waals surface area contributed by atoms with Gasteiger partial charge in [0.25, 0.3) is 0 Å². The summed E-state index contributed by atoms with van der Waals surface area (Å²) >= 11 is 0. The molecule has 4 heteroatoms. The van der Waals surface area contributed by atoms with E-state index < -0.39 is 0 Å². The fraction of sp³-hybridized carbons (Fsp3) is 0.0984. The fourth-order valence-corrected chi connectivity index (χ4v) is 9.35. The Hall–Kier alpha value is -7.95. The summed E-state index contributed by atoms with van der Waals surface area (Å²) in [5, 5.41) is 2.40. The van der Waals surface area contributed by atoms with E-state index in [1.807, 2.05) is 36.4 Å². The van der Waals surface area contributed by atoms with E-state index in [0.717, 1.165) is 56.5 Å². The average molecular weight is 837 g/mol. The molecule has 0 spiro atoms. The van der Waals surface area contributed by atoms with E-state index in [4.69, 9.17) is 15.0 Å². The number of allylic oxidation sites excluding steroid dienone is 4. The number of aromatic nitrogens is 4. The first-order valence-corrected chi connectivity index (χ1v) is 22.5. The van der Waals surface area contributed by atoms with E-state index >= 15 is 0 Å². The molecule has 2 heterocycles. The van der Waals surface area contributed by atoms with Crippen LogP contribution in [0.15, 0.2) is 218 Å². The summed E-state index contributed by atoms with van der Waals surface area (Å²) < 4.78 is 2.51. The summed E-state index contributed by atoms with van der Waals surface area (Å²) in [6.45, 7) is 7.00. The maximum atomic E-state index is 5.27. The molecule has 0 aliphatic heterocycles. The van der Waals surface area contributed by atoms with Crippen molar-refractivity contribution >= 4 is 27.4 Å². The zero-order valence-electron chi connectivity index (χ0n) is 36.9. The highest BCUT2D eigenvalue weighted by Gasteiger charge is 2.27. The van der Waals surface area contributed by atoms with Crippen LogP contribution in [0.3, 0.4) is 0 Å². The predicted molar refractivity (Wildman–Crippen MR) is 271 cm³/mol. The Bertz CT molecular complexity index is 3240. The molecule has 0 saturated heterocycles. The Balaban J connectivity index is 1.23. The van der Waals surface area contributed by atoms with Gasteiger partial charge in [0, 0.05) is 38.6 Å². The molecule has 0 fully saturated rings. The second-order valence-electron chi connectivity index (χ2n) is 18.1. The zero-order valence-corrected chi connectivity index (χ0v) is 36.9. The summed E-state index contributed by atoms with van der Waals surface area (Å²) in [5.41, 5.74) is 15.6. The second-order valence-corrected chi connectivity index (χ2v) is 18.1. The minimum atomic E-state index is 0.130. The van der Waals surface area contributed by atoms with Gasteiger partial charge < -0.3 is 4.57 Å². The molecule has 1 atom stereocenters. The Morgan fingerprint density at radius 3 is 1.26 bits per heavy atom. The van der Waals surface area contributed by atoms with Crippen LogP contribution >= 0.6 is 0 Å². The van der Waals surface area contributed by atoms with Gasteiger partial charge in [0.1, 0.15) is 0 Å². The van der Waals surface area contributed by atoms with Gasteiger partial charge in [0.2, 0.25) is 0 Å². The van der Waals surface area contributed by atoms with Gasteiger partial charge in [-0.3, -0.25) is 0 Å². The Labute approximate surface area is 381 Å². The van der Waals surface area contributed by atoms with Crippen molar-refractivity contribution in [2.24, 2.45) is 11.3 Å². The Morgan fingerprint density at radius 1 is 0.415 bits per heavy atom. The molecule has 0 N–H and O–H groups in total. The highest BCUT2D eigenvalue weighted by atomic mass is 15.0. The molecule has 0 saturated carbocycles. The zero-order chi connectivity index (χ0) is 43.9. The number of nitrogens with zero attached hydrogens (tertiary/aromatic N) is 4. The largest absolute Gasteiger partial charge is 0.308 e.